The van der Waals surface area contributed by atoms with Crippen LogP contribution >= 0.6 is 0 Å². The summed E-state index contributed by atoms with van der Waals surface area (Å²) >= 11 is 0. The molecule has 0 radical (unpaired) electrons. The molecule has 1 N–H and O–H groups in total. The molecule has 2 aromatic rings. The maximum Gasteiger partial charge on any atom is 0.231 e. The number of hydrogen-bond acceptors (Lipinski definition) is 4. The zero-order valence-corrected chi connectivity index (χ0v) is 13.4. The highest BCUT2D eigenvalue weighted by Crippen LogP contribution is 2.30. The van der Waals surface area contributed by atoms with Crippen LogP contribution in [0.3, 0.4) is 0 Å². The molecule has 0 bridgehead atoms. The SMILES string of the molecule is Cc1noc(C)c1CC(=O)N1C[C@@H](C)C(=O)Nc2ccccc21. The summed E-state index contributed by atoms with van der Waals surface area (Å²) < 4.78 is 5.13. The van der Waals surface area contributed by atoms with Gasteiger partial charge in [0.25, 0.3) is 0 Å². The van der Waals surface area contributed by atoms with Crippen molar-refractivity contribution in [1.29, 1.82) is 0 Å². The number of aromatic nitrogens is 1. The minimum Gasteiger partial charge on any atom is -0.361 e. The molecule has 0 fully saturated rings. The van der Waals surface area contributed by atoms with Crippen LogP contribution < -0.4 is 10.2 Å². The molecule has 2 amide bonds. The van der Waals surface area contributed by atoms with Gasteiger partial charge in [0.1, 0.15) is 5.76 Å². The Morgan fingerprint density at radius 3 is 2.83 bits per heavy atom. The lowest BCUT2D eigenvalue weighted by atomic mass is 10.1. The van der Waals surface area contributed by atoms with Crippen molar-refractivity contribution in [2.24, 2.45) is 5.92 Å². The molecule has 0 unspecified atom stereocenters. The highest BCUT2D eigenvalue weighted by Gasteiger charge is 2.29. The molecule has 1 aliphatic heterocycles. The third-order valence-electron chi connectivity index (χ3n) is 4.17. The van der Waals surface area contributed by atoms with E-state index < -0.39 is 0 Å². The van der Waals surface area contributed by atoms with Crippen molar-refractivity contribution in [3.05, 3.63) is 41.3 Å². The first-order valence-corrected chi connectivity index (χ1v) is 7.59. The van der Waals surface area contributed by atoms with Crippen molar-refractivity contribution in [2.75, 3.05) is 16.8 Å². The number of aryl methyl sites for hydroxylation is 2. The molecule has 0 saturated carbocycles. The zero-order valence-electron chi connectivity index (χ0n) is 13.4. The summed E-state index contributed by atoms with van der Waals surface area (Å²) in [5.41, 5.74) is 2.92. The van der Waals surface area contributed by atoms with E-state index in [2.05, 4.69) is 10.5 Å². The van der Waals surface area contributed by atoms with Gasteiger partial charge in [-0.2, -0.15) is 0 Å². The molecule has 23 heavy (non-hydrogen) atoms. The average Bonchev–Trinajstić information content (AvgIpc) is 2.77. The molecule has 6 nitrogen and oxygen atoms in total. The van der Waals surface area contributed by atoms with Crippen LogP contribution in [0, 0.1) is 19.8 Å². The van der Waals surface area contributed by atoms with E-state index in [0.717, 1.165) is 16.9 Å². The van der Waals surface area contributed by atoms with Crippen LogP contribution in [-0.4, -0.2) is 23.5 Å². The molecule has 3 rings (SSSR count). The number of para-hydroxylation sites is 2. The van der Waals surface area contributed by atoms with Crippen molar-refractivity contribution in [3.63, 3.8) is 0 Å². The van der Waals surface area contributed by atoms with E-state index in [4.69, 9.17) is 4.52 Å². The highest BCUT2D eigenvalue weighted by molar-refractivity contribution is 6.05. The third-order valence-corrected chi connectivity index (χ3v) is 4.17. The summed E-state index contributed by atoms with van der Waals surface area (Å²) in [4.78, 5) is 26.6. The lowest BCUT2D eigenvalue weighted by molar-refractivity contribution is -0.119. The van der Waals surface area contributed by atoms with E-state index in [1.54, 1.807) is 11.8 Å². The lowest BCUT2D eigenvalue weighted by Crippen LogP contribution is -2.37. The van der Waals surface area contributed by atoms with E-state index >= 15 is 0 Å². The standard InChI is InChI=1S/C17H19N3O3/c1-10-9-20(15-7-5-4-6-14(15)18-17(10)22)16(21)8-13-11(2)19-23-12(13)3/h4-7,10H,8-9H2,1-3H3,(H,18,22)/t10-/m1/s1. The van der Waals surface area contributed by atoms with Crippen LogP contribution in [0.1, 0.15) is 23.9 Å². The molecule has 120 valence electrons. The van der Waals surface area contributed by atoms with Crippen LogP contribution in [-0.2, 0) is 16.0 Å². The minimum atomic E-state index is -0.281. The van der Waals surface area contributed by atoms with Gasteiger partial charge in [-0.1, -0.05) is 24.2 Å². The predicted molar refractivity (Wildman–Crippen MR) is 86.3 cm³/mol. The second-order valence-corrected chi connectivity index (χ2v) is 5.89. The zero-order chi connectivity index (χ0) is 16.6. The first-order valence-electron chi connectivity index (χ1n) is 7.59. The van der Waals surface area contributed by atoms with Crippen molar-refractivity contribution in [2.45, 2.75) is 27.2 Å². The monoisotopic (exact) mass is 313 g/mol. The van der Waals surface area contributed by atoms with E-state index in [9.17, 15) is 9.59 Å². The van der Waals surface area contributed by atoms with Gasteiger partial charge in [0.05, 0.1) is 29.4 Å². The molecular formula is C17H19N3O3. The number of benzene rings is 1. The van der Waals surface area contributed by atoms with E-state index in [1.807, 2.05) is 38.1 Å². The molecule has 1 atom stereocenters. The molecule has 1 aromatic heterocycles. The Labute approximate surface area is 134 Å². The first-order chi connectivity index (χ1) is 11.0. The number of fused-ring (bicyclic) bond motifs is 1. The number of hydrogen-bond donors (Lipinski definition) is 1. The van der Waals surface area contributed by atoms with Gasteiger partial charge < -0.3 is 14.7 Å². The van der Waals surface area contributed by atoms with Crippen molar-refractivity contribution < 1.29 is 14.1 Å². The maximum atomic E-state index is 12.9. The number of anilines is 2. The van der Waals surface area contributed by atoms with Crippen molar-refractivity contribution in [1.82, 2.24) is 5.16 Å². The average molecular weight is 313 g/mol. The number of carbonyl (C=O) groups is 2. The number of carbonyl (C=O) groups excluding carboxylic acids is 2. The fourth-order valence-electron chi connectivity index (χ4n) is 2.76. The summed E-state index contributed by atoms with van der Waals surface area (Å²) in [6.45, 7) is 5.79. The Kier molecular flexibility index (Phi) is 3.90. The van der Waals surface area contributed by atoms with Gasteiger partial charge in [0, 0.05) is 12.1 Å². The van der Waals surface area contributed by atoms with Gasteiger partial charge in [0.2, 0.25) is 11.8 Å². The molecule has 0 spiro atoms. The van der Waals surface area contributed by atoms with Crippen molar-refractivity contribution >= 4 is 23.2 Å². The van der Waals surface area contributed by atoms with Gasteiger partial charge in [-0.25, -0.2) is 0 Å². The number of nitrogens with one attached hydrogen (secondary N) is 1. The van der Waals surface area contributed by atoms with Gasteiger partial charge in [-0.15, -0.1) is 0 Å². The normalized spacial score (nSPS) is 17.4. The lowest BCUT2D eigenvalue weighted by Gasteiger charge is -2.23. The summed E-state index contributed by atoms with van der Waals surface area (Å²) in [5.74, 6) is 0.220. The molecule has 6 heteroatoms. The molecule has 2 heterocycles. The molecule has 0 saturated heterocycles. The van der Waals surface area contributed by atoms with Gasteiger partial charge in [0.15, 0.2) is 0 Å². The third kappa shape index (κ3) is 2.84. The highest BCUT2D eigenvalue weighted by atomic mass is 16.5. The topological polar surface area (TPSA) is 75.4 Å². The molecule has 1 aliphatic rings. The van der Waals surface area contributed by atoms with E-state index in [-0.39, 0.29) is 24.2 Å². The van der Waals surface area contributed by atoms with Crippen LogP contribution in [0.15, 0.2) is 28.8 Å². The molecule has 1 aromatic carbocycles. The fourth-order valence-corrected chi connectivity index (χ4v) is 2.76. The first kappa shape index (κ1) is 15.3. The van der Waals surface area contributed by atoms with Crippen LogP contribution in [0.4, 0.5) is 11.4 Å². The minimum absolute atomic E-state index is 0.0739. The molecule has 0 aliphatic carbocycles. The Morgan fingerprint density at radius 2 is 2.13 bits per heavy atom. The van der Waals surface area contributed by atoms with E-state index in [1.165, 1.54) is 0 Å². The Hall–Kier alpha value is -2.63. The fraction of sp³-hybridized carbons (Fsp3) is 0.353. The van der Waals surface area contributed by atoms with Gasteiger partial charge in [-0.3, -0.25) is 9.59 Å². The van der Waals surface area contributed by atoms with Gasteiger partial charge >= 0.3 is 0 Å². The summed E-state index contributed by atoms with van der Waals surface area (Å²) in [6.07, 6.45) is 0.205. The Morgan fingerprint density at radius 1 is 1.39 bits per heavy atom. The van der Waals surface area contributed by atoms with Crippen LogP contribution in [0.25, 0.3) is 0 Å². The second kappa shape index (κ2) is 5.87. The summed E-state index contributed by atoms with van der Waals surface area (Å²) in [7, 11) is 0. The summed E-state index contributed by atoms with van der Waals surface area (Å²) in [6, 6.07) is 7.35. The quantitative estimate of drug-likeness (QED) is 0.924. The molecular weight excluding hydrogens is 294 g/mol. The van der Waals surface area contributed by atoms with E-state index in [0.29, 0.717) is 18.0 Å². The Balaban J connectivity index is 1.94. The van der Waals surface area contributed by atoms with Crippen molar-refractivity contribution in [3.8, 4) is 0 Å². The maximum absolute atomic E-state index is 12.9. The number of nitrogens with zero attached hydrogens (tertiary/aromatic N) is 2. The number of rotatable bonds is 2. The smallest absolute Gasteiger partial charge is 0.231 e. The predicted octanol–water partition coefficient (Wildman–Crippen LogP) is 2.46. The van der Waals surface area contributed by atoms with Gasteiger partial charge in [-0.05, 0) is 26.0 Å². The van der Waals surface area contributed by atoms with Crippen LogP contribution in [0.5, 0.6) is 0 Å². The number of amides is 2. The second-order valence-electron chi connectivity index (χ2n) is 5.89. The largest absolute Gasteiger partial charge is 0.361 e. The van der Waals surface area contributed by atoms with Crippen LogP contribution in [0.2, 0.25) is 0 Å². The Bertz CT molecular complexity index is 747. The summed E-state index contributed by atoms with van der Waals surface area (Å²) in [5, 5.41) is 6.77.